The fourth-order valence-corrected chi connectivity index (χ4v) is 1.81. The van der Waals surface area contributed by atoms with Crippen molar-refractivity contribution < 1.29 is 0 Å². The zero-order chi connectivity index (χ0) is 10.9. The van der Waals surface area contributed by atoms with Gasteiger partial charge >= 0.3 is 0 Å². The minimum atomic E-state index is 1.11. The molecule has 0 spiro atoms. The van der Waals surface area contributed by atoms with E-state index in [-0.39, 0.29) is 0 Å². The third-order valence-electron chi connectivity index (χ3n) is 2.62. The molecule has 0 aliphatic carbocycles. The van der Waals surface area contributed by atoms with Crippen molar-refractivity contribution in [3.05, 3.63) is 35.9 Å². The van der Waals surface area contributed by atoms with Crippen molar-refractivity contribution in [2.75, 3.05) is 13.1 Å². The highest BCUT2D eigenvalue weighted by Gasteiger charge is 2.03. The Bertz CT molecular complexity index is 243. The molecule has 0 radical (unpaired) electrons. The average molecular weight is 205 g/mol. The predicted octanol–water partition coefficient (Wildman–Crippen LogP) is 3.70. The molecular formula is C14H23N. The van der Waals surface area contributed by atoms with E-state index in [0.29, 0.717) is 0 Å². The fraction of sp³-hybridized carbons (Fsp3) is 0.571. The SMILES string of the molecule is CCCCN(CCC)Cc1ccccc1. The van der Waals surface area contributed by atoms with Gasteiger partial charge in [-0.3, -0.25) is 4.90 Å². The van der Waals surface area contributed by atoms with E-state index in [1.165, 1.54) is 37.9 Å². The van der Waals surface area contributed by atoms with Gasteiger partial charge in [0.15, 0.2) is 0 Å². The molecule has 0 saturated carbocycles. The van der Waals surface area contributed by atoms with E-state index in [1.807, 2.05) is 0 Å². The maximum Gasteiger partial charge on any atom is 0.0233 e. The summed E-state index contributed by atoms with van der Waals surface area (Å²) in [5.74, 6) is 0. The van der Waals surface area contributed by atoms with E-state index in [0.717, 1.165) is 6.54 Å². The molecule has 0 heterocycles. The zero-order valence-corrected chi connectivity index (χ0v) is 10.1. The van der Waals surface area contributed by atoms with Gasteiger partial charge in [-0.1, -0.05) is 50.6 Å². The first-order valence-electron chi connectivity index (χ1n) is 6.13. The van der Waals surface area contributed by atoms with E-state index in [4.69, 9.17) is 0 Å². The Morgan fingerprint density at radius 1 is 0.933 bits per heavy atom. The Kier molecular flexibility index (Phi) is 6.10. The monoisotopic (exact) mass is 205 g/mol. The van der Waals surface area contributed by atoms with Crippen LogP contribution in [0.25, 0.3) is 0 Å². The summed E-state index contributed by atoms with van der Waals surface area (Å²) in [7, 11) is 0. The minimum Gasteiger partial charge on any atom is -0.299 e. The summed E-state index contributed by atoms with van der Waals surface area (Å²) >= 11 is 0. The molecule has 1 aromatic carbocycles. The molecule has 0 saturated heterocycles. The van der Waals surface area contributed by atoms with E-state index in [2.05, 4.69) is 49.1 Å². The summed E-state index contributed by atoms with van der Waals surface area (Å²) in [6.45, 7) is 8.07. The summed E-state index contributed by atoms with van der Waals surface area (Å²) in [5.41, 5.74) is 1.43. The molecular weight excluding hydrogens is 182 g/mol. The first kappa shape index (κ1) is 12.3. The molecule has 84 valence electrons. The smallest absolute Gasteiger partial charge is 0.0233 e. The van der Waals surface area contributed by atoms with Gasteiger partial charge in [-0.15, -0.1) is 0 Å². The quantitative estimate of drug-likeness (QED) is 0.656. The van der Waals surface area contributed by atoms with Gasteiger partial charge in [0.25, 0.3) is 0 Å². The molecule has 1 aromatic rings. The van der Waals surface area contributed by atoms with Gasteiger partial charge in [0.05, 0.1) is 0 Å². The topological polar surface area (TPSA) is 3.24 Å². The lowest BCUT2D eigenvalue weighted by Gasteiger charge is -2.21. The molecule has 0 fully saturated rings. The molecule has 0 N–H and O–H groups in total. The Labute approximate surface area is 94.1 Å². The van der Waals surface area contributed by atoms with Crippen LogP contribution in [0.2, 0.25) is 0 Å². The van der Waals surface area contributed by atoms with Crippen LogP contribution in [0.1, 0.15) is 38.7 Å². The van der Waals surface area contributed by atoms with Crippen LogP contribution >= 0.6 is 0 Å². The lowest BCUT2D eigenvalue weighted by atomic mass is 10.2. The molecule has 0 aromatic heterocycles. The molecule has 0 aliphatic heterocycles. The highest BCUT2D eigenvalue weighted by Crippen LogP contribution is 2.06. The molecule has 1 heteroatoms. The number of hydrogen-bond acceptors (Lipinski definition) is 1. The summed E-state index contributed by atoms with van der Waals surface area (Å²) < 4.78 is 0. The fourth-order valence-electron chi connectivity index (χ4n) is 1.81. The van der Waals surface area contributed by atoms with Crippen LogP contribution < -0.4 is 0 Å². The highest BCUT2D eigenvalue weighted by molar-refractivity contribution is 5.14. The van der Waals surface area contributed by atoms with Crippen molar-refractivity contribution in [1.29, 1.82) is 0 Å². The van der Waals surface area contributed by atoms with Gasteiger partial charge in [0.1, 0.15) is 0 Å². The molecule has 0 bridgehead atoms. The molecule has 1 nitrogen and oxygen atoms in total. The number of unbranched alkanes of at least 4 members (excludes halogenated alkanes) is 1. The minimum absolute atomic E-state index is 1.11. The molecule has 0 atom stereocenters. The van der Waals surface area contributed by atoms with Crippen molar-refractivity contribution in [3.63, 3.8) is 0 Å². The average Bonchev–Trinajstić information content (AvgIpc) is 2.28. The van der Waals surface area contributed by atoms with Crippen molar-refractivity contribution in [2.24, 2.45) is 0 Å². The maximum absolute atomic E-state index is 2.55. The van der Waals surface area contributed by atoms with Gasteiger partial charge in [-0.2, -0.15) is 0 Å². The van der Waals surface area contributed by atoms with Gasteiger partial charge in [-0.05, 0) is 31.5 Å². The predicted molar refractivity (Wildman–Crippen MR) is 66.9 cm³/mol. The summed E-state index contributed by atoms with van der Waals surface area (Å²) in [4.78, 5) is 2.55. The van der Waals surface area contributed by atoms with Crippen LogP contribution in [0.3, 0.4) is 0 Å². The molecule has 15 heavy (non-hydrogen) atoms. The number of rotatable bonds is 7. The van der Waals surface area contributed by atoms with Crippen LogP contribution in [-0.2, 0) is 6.54 Å². The van der Waals surface area contributed by atoms with Crippen LogP contribution in [0, 0.1) is 0 Å². The first-order valence-corrected chi connectivity index (χ1v) is 6.13. The Hall–Kier alpha value is -0.820. The second-order valence-electron chi connectivity index (χ2n) is 4.12. The lowest BCUT2D eigenvalue weighted by Crippen LogP contribution is -2.25. The van der Waals surface area contributed by atoms with E-state index < -0.39 is 0 Å². The largest absolute Gasteiger partial charge is 0.299 e. The Morgan fingerprint density at radius 3 is 2.27 bits per heavy atom. The third-order valence-corrected chi connectivity index (χ3v) is 2.62. The number of hydrogen-bond donors (Lipinski definition) is 0. The summed E-state index contributed by atoms with van der Waals surface area (Å²) in [6, 6.07) is 10.8. The van der Waals surface area contributed by atoms with Crippen LogP contribution in [0.15, 0.2) is 30.3 Å². The molecule has 1 rings (SSSR count). The van der Waals surface area contributed by atoms with Crippen molar-refractivity contribution >= 4 is 0 Å². The van der Waals surface area contributed by atoms with Gasteiger partial charge in [0.2, 0.25) is 0 Å². The Balaban J connectivity index is 2.43. The summed E-state index contributed by atoms with van der Waals surface area (Å²) in [6.07, 6.45) is 3.85. The summed E-state index contributed by atoms with van der Waals surface area (Å²) in [5, 5.41) is 0. The standard InChI is InChI=1S/C14H23N/c1-3-5-12-15(11-4-2)13-14-9-7-6-8-10-14/h6-10H,3-5,11-13H2,1-2H3. The van der Waals surface area contributed by atoms with E-state index in [1.54, 1.807) is 0 Å². The molecule has 0 aliphatic rings. The van der Waals surface area contributed by atoms with Crippen LogP contribution in [0.4, 0.5) is 0 Å². The second-order valence-corrected chi connectivity index (χ2v) is 4.12. The lowest BCUT2D eigenvalue weighted by molar-refractivity contribution is 0.262. The van der Waals surface area contributed by atoms with Crippen molar-refractivity contribution in [2.45, 2.75) is 39.7 Å². The van der Waals surface area contributed by atoms with Gasteiger partial charge in [0, 0.05) is 6.54 Å². The van der Waals surface area contributed by atoms with Gasteiger partial charge < -0.3 is 0 Å². The van der Waals surface area contributed by atoms with Crippen molar-refractivity contribution in [3.8, 4) is 0 Å². The molecule has 0 amide bonds. The van der Waals surface area contributed by atoms with E-state index >= 15 is 0 Å². The number of nitrogens with zero attached hydrogens (tertiary/aromatic N) is 1. The zero-order valence-electron chi connectivity index (χ0n) is 10.1. The van der Waals surface area contributed by atoms with Crippen LogP contribution in [0.5, 0.6) is 0 Å². The van der Waals surface area contributed by atoms with E-state index in [9.17, 15) is 0 Å². The molecule has 0 unspecified atom stereocenters. The van der Waals surface area contributed by atoms with Crippen LogP contribution in [-0.4, -0.2) is 18.0 Å². The normalized spacial score (nSPS) is 10.9. The third kappa shape index (κ3) is 4.98. The number of benzene rings is 1. The first-order chi connectivity index (χ1) is 7.36. The second kappa shape index (κ2) is 7.47. The van der Waals surface area contributed by atoms with Crippen molar-refractivity contribution in [1.82, 2.24) is 4.90 Å². The van der Waals surface area contributed by atoms with Gasteiger partial charge in [-0.25, -0.2) is 0 Å². The Morgan fingerprint density at radius 2 is 1.67 bits per heavy atom. The maximum atomic E-state index is 2.55. The highest BCUT2D eigenvalue weighted by atomic mass is 15.1.